The van der Waals surface area contributed by atoms with Gasteiger partial charge in [0.05, 0.1) is 22.5 Å². The Kier molecular flexibility index (Phi) is 5.84. The number of esters is 1. The van der Waals surface area contributed by atoms with E-state index in [1.165, 1.54) is 6.92 Å². The van der Waals surface area contributed by atoms with E-state index in [2.05, 4.69) is 5.32 Å². The number of nitrogens with zero attached hydrogens (tertiary/aromatic N) is 2. The molecular formula is C21H22F3N3O4. The van der Waals surface area contributed by atoms with Gasteiger partial charge in [-0.1, -0.05) is 0 Å². The van der Waals surface area contributed by atoms with E-state index in [1.807, 2.05) is 18.4 Å². The van der Waals surface area contributed by atoms with Crippen molar-refractivity contribution in [2.75, 3.05) is 16.8 Å². The highest BCUT2D eigenvalue weighted by atomic mass is 19.4. The van der Waals surface area contributed by atoms with Crippen molar-refractivity contribution in [2.45, 2.75) is 46.5 Å². The number of nitrogens with one attached hydrogen (secondary N) is 1. The number of aromatic nitrogens is 1. The lowest BCUT2D eigenvalue weighted by molar-refractivity contribution is -0.137. The normalized spacial score (nSPS) is 14.7. The minimum atomic E-state index is -4.60. The van der Waals surface area contributed by atoms with E-state index in [9.17, 15) is 27.6 Å². The minimum Gasteiger partial charge on any atom is -0.449 e. The molecule has 0 spiro atoms. The van der Waals surface area contributed by atoms with Crippen LogP contribution in [0.1, 0.15) is 41.2 Å². The van der Waals surface area contributed by atoms with Gasteiger partial charge < -0.3 is 14.6 Å². The van der Waals surface area contributed by atoms with E-state index >= 15 is 0 Å². The molecule has 3 rings (SSSR count). The lowest BCUT2D eigenvalue weighted by atomic mass is 10.1. The Labute approximate surface area is 176 Å². The van der Waals surface area contributed by atoms with E-state index in [1.54, 1.807) is 13.0 Å². The number of hydrogen-bond acceptors (Lipinski definition) is 4. The number of ether oxygens (including phenoxy) is 1. The number of amides is 2. The summed E-state index contributed by atoms with van der Waals surface area (Å²) in [5, 5.41) is 2.34. The van der Waals surface area contributed by atoms with Crippen LogP contribution >= 0.6 is 0 Å². The number of hydrogen-bond donors (Lipinski definition) is 1. The van der Waals surface area contributed by atoms with Crippen molar-refractivity contribution in [2.24, 2.45) is 0 Å². The van der Waals surface area contributed by atoms with Crippen molar-refractivity contribution in [3.8, 4) is 0 Å². The van der Waals surface area contributed by atoms with Crippen LogP contribution < -0.4 is 10.2 Å². The molecule has 1 aliphatic rings. The summed E-state index contributed by atoms with van der Waals surface area (Å²) in [6.07, 6.45) is -5.85. The average Bonchev–Trinajstić information content (AvgIpc) is 2.98. The van der Waals surface area contributed by atoms with Crippen LogP contribution in [0, 0.1) is 13.8 Å². The van der Waals surface area contributed by atoms with Gasteiger partial charge >= 0.3 is 12.1 Å². The van der Waals surface area contributed by atoms with Gasteiger partial charge in [0.1, 0.15) is 6.54 Å². The molecule has 0 saturated carbocycles. The average molecular weight is 437 g/mol. The number of aryl methyl sites for hydroxylation is 1. The Morgan fingerprint density at radius 3 is 2.48 bits per heavy atom. The largest absolute Gasteiger partial charge is 0.449 e. The third-order valence-corrected chi connectivity index (χ3v) is 5.20. The van der Waals surface area contributed by atoms with E-state index in [0.29, 0.717) is 17.8 Å². The highest BCUT2D eigenvalue weighted by Crippen LogP contribution is 2.37. The number of benzene rings is 1. The van der Waals surface area contributed by atoms with E-state index in [0.717, 1.165) is 28.8 Å². The van der Waals surface area contributed by atoms with Gasteiger partial charge in [-0.15, -0.1) is 0 Å². The lowest BCUT2D eigenvalue weighted by Crippen LogP contribution is -2.47. The van der Waals surface area contributed by atoms with Gasteiger partial charge in [0.15, 0.2) is 6.10 Å². The van der Waals surface area contributed by atoms with Gasteiger partial charge in [-0.3, -0.25) is 14.5 Å². The first-order valence-corrected chi connectivity index (χ1v) is 9.64. The summed E-state index contributed by atoms with van der Waals surface area (Å²) >= 11 is 0. The fraction of sp³-hybridized carbons (Fsp3) is 0.381. The first-order chi connectivity index (χ1) is 14.4. The zero-order valence-corrected chi connectivity index (χ0v) is 17.5. The van der Waals surface area contributed by atoms with Gasteiger partial charge in [0.25, 0.3) is 5.91 Å². The fourth-order valence-corrected chi connectivity index (χ4v) is 3.65. The molecule has 2 heterocycles. The van der Waals surface area contributed by atoms with E-state index < -0.39 is 42.2 Å². The van der Waals surface area contributed by atoms with Gasteiger partial charge in [0, 0.05) is 17.9 Å². The van der Waals surface area contributed by atoms with Crippen LogP contribution in [-0.4, -0.2) is 35.0 Å². The molecule has 1 atom stereocenters. The van der Waals surface area contributed by atoms with Crippen LogP contribution in [0.15, 0.2) is 24.3 Å². The van der Waals surface area contributed by atoms with Crippen LogP contribution in [0.2, 0.25) is 0 Å². The SMILES string of the molecule is CCn1c(C)cc(C(=O)OC(C)C(=O)N2CC(=O)Nc3cc(C(F)(F)F)ccc32)c1C. The summed E-state index contributed by atoms with van der Waals surface area (Å²) in [5.41, 5.74) is 0.909. The Morgan fingerprint density at radius 2 is 1.90 bits per heavy atom. The van der Waals surface area contributed by atoms with Gasteiger partial charge in [-0.2, -0.15) is 13.2 Å². The number of rotatable bonds is 4. The maximum Gasteiger partial charge on any atom is 0.416 e. The molecule has 0 bridgehead atoms. The second kappa shape index (κ2) is 8.09. The number of anilines is 2. The molecule has 0 aliphatic carbocycles. The molecule has 166 valence electrons. The lowest BCUT2D eigenvalue weighted by Gasteiger charge is -2.31. The summed E-state index contributed by atoms with van der Waals surface area (Å²) in [6.45, 7) is 7.17. The van der Waals surface area contributed by atoms with Crippen LogP contribution in [0.5, 0.6) is 0 Å². The Balaban J connectivity index is 1.83. The molecule has 1 N–H and O–H groups in total. The molecule has 10 heteroatoms. The third kappa shape index (κ3) is 4.28. The van der Waals surface area contributed by atoms with Gasteiger partial charge in [-0.25, -0.2) is 4.79 Å². The summed E-state index contributed by atoms with van der Waals surface area (Å²) in [5.74, 6) is -2.05. The van der Waals surface area contributed by atoms with Crippen molar-refractivity contribution in [1.82, 2.24) is 4.57 Å². The standard InChI is InChI=1S/C21H22F3N3O4/c1-5-26-11(2)8-15(12(26)3)20(30)31-13(4)19(29)27-10-18(28)25-16-9-14(21(22,23)24)6-7-17(16)27/h6-9,13H,5,10H2,1-4H3,(H,25,28). The number of carbonyl (C=O) groups excluding carboxylic acids is 3. The highest BCUT2D eigenvalue weighted by Gasteiger charge is 2.36. The van der Waals surface area contributed by atoms with Crippen molar-refractivity contribution in [1.29, 1.82) is 0 Å². The van der Waals surface area contributed by atoms with Crippen molar-refractivity contribution in [3.63, 3.8) is 0 Å². The van der Waals surface area contributed by atoms with E-state index in [-0.39, 0.29) is 11.4 Å². The van der Waals surface area contributed by atoms with Crippen LogP contribution in [0.25, 0.3) is 0 Å². The zero-order valence-electron chi connectivity index (χ0n) is 17.5. The molecular weight excluding hydrogens is 415 g/mol. The zero-order chi connectivity index (χ0) is 23.1. The molecule has 31 heavy (non-hydrogen) atoms. The van der Waals surface area contributed by atoms with Crippen LogP contribution in [0.4, 0.5) is 24.5 Å². The summed E-state index contributed by atoms with van der Waals surface area (Å²) in [6, 6.07) is 4.37. The predicted molar refractivity (Wildman–Crippen MR) is 107 cm³/mol. The quantitative estimate of drug-likeness (QED) is 0.740. The third-order valence-electron chi connectivity index (χ3n) is 5.20. The van der Waals surface area contributed by atoms with Gasteiger partial charge in [-0.05, 0) is 52.0 Å². The maximum atomic E-state index is 13.0. The summed E-state index contributed by atoms with van der Waals surface area (Å²) in [4.78, 5) is 38.5. The number of alkyl halides is 3. The topological polar surface area (TPSA) is 80.6 Å². The molecule has 7 nitrogen and oxygen atoms in total. The summed E-state index contributed by atoms with van der Waals surface area (Å²) in [7, 11) is 0. The molecule has 1 aliphatic heterocycles. The number of halogens is 3. The molecule has 1 aromatic heterocycles. The molecule has 0 fully saturated rings. The predicted octanol–water partition coefficient (Wildman–Crippen LogP) is 3.67. The highest BCUT2D eigenvalue weighted by molar-refractivity contribution is 6.11. The monoisotopic (exact) mass is 437 g/mol. The second-order valence-corrected chi connectivity index (χ2v) is 7.28. The van der Waals surface area contributed by atoms with Crippen LogP contribution in [-0.2, 0) is 27.0 Å². The Hall–Kier alpha value is -3.30. The maximum absolute atomic E-state index is 13.0. The van der Waals surface area contributed by atoms with E-state index in [4.69, 9.17) is 4.74 Å². The van der Waals surface area contributed by atoms with Crippen molar-refractivity contribution < 1.29 is 32.3 Å². The van der Waals surface area contributed by atoms with Crippen molar-refractivity contribution in [3.05, 3.63) is 46.8 Å². The first kappa shape index (κ1) is 22.4. The molecule has 0 saturated heterocycles. The molecule has 1 aromatic carbocycles. The smallest absolute Gasteiger partial charge is 0.416 e. The van der Waals surface area contributed by atoms with Crippen LogP contribution in [0.3, 0.4) is 0 Å². The number of fused-ring (bicyclic) bond motifs is 1. The molecule has 0 radical (unpaired) electrons. The molecule has 1 unspecified atom stereocenters. The fourth-order valence-electron chi connectivity index (χ4n) is 3.65. The molecule has 2 aromatic rings. The summed E-state index contributed by atoms with van der Waals surface area (Å²) < 4.78 is 46.2. The minimum absolute atomic E-state index is 0.102. The Morgan fingerprint density at radius 1 is 1.23 bits per heavy atom. The van der Waals surface area contributed by atoms with Gasteiger partial charge in [0.2, 0.25) is 5.91 Å². The first-order valence-electron chi connectivity index (χ1n) is 9.64. The molecule has 2 amide bonds. The Bertz CT molecular complexity index is 1060. The second-order valence-electron chi connectivity index (χ2n) is 7.28. The number of carbonyl (C=O) groups is 3. The van der Waals surface area contributed by atoms with Crippen molar-refractivity contribution >= 4 is 29.2 Å².